The van der Waals surface area contributed by atoms with Gasteiger partial charge in [0.1, 0.15) is 0 Å². The molecule has 0 aliphatic heterocycles. The van der Waals surface area contributed by atoms with Crippen LogP contribution in [0.5, 0.6) is 0 Å². The molecular formula is C14H24N2OS. The Balaban J connectivity index is 2.10. The maximum absolute atomic E-state index is 11.6. The van der Waals surface area contributed by atoms with Gasteiger partial charge in [0.25, 0.3) is 0 Å². The number of nitrogens with one attached hydrogen (secondary N) is 2. The second-order valence-electron chi connectivity index (χ2n) is 5.10. The Morgan fingerprint density at radius 3 is 2.78 bits per heavy atom. The Kier molecular flexibility index (Phi) is 6.98. The minimum Gasteiger partial charge on any atom is -0.355 e. The minimum absolute atomic E-state index is 0.0914. The van der Waals surface area contributed by atoms with Crippen LogP contribution in [0.15, 0.2) is 17.5 Å². The third-order valence-corrected chi connectivity index (χ3v) is 3.64. The molecule has 1 aromatic rings. The van der Waals surface area contributed by atoms with Gasteiger partial charge < -0.3 is 10.6 Å². The van der Waals surface area contributed by atoms with Crippen molar-refractivity contribution >= 4 is 17.2 Å². The molecule has 0 saturated carbocycles. The maximum atomic E-state index is 11.6. The van der Waals surface area contributed by atoms with Gasteiger partial charge in [-0.2, -0.15) is 0 Å². The van der Waals surface area contributed by atoms with Crippen LogP contribution in [0.3, 0.4) is 0 Å². The second-order valence-corrected chi connectivity index (χ2v) is 6.13. The van der Waals surface area contributed by atoms with Gasteiger partial charge >= 0.3 is 0 Å². The van der Waals surface area contributed by atoms with Gasteiger partial charge in [0, 0.05) is 17.5 Å². The lowest BCUT2D eigenvalue weighted by atomic mass is 10.1. The smallest absolute Gasteiger partial charge is 0.233 e. The molecule has 1 rings (SSSR count). The predicted octanol–water partition coefficient (Wildman–Crippen LogP) is 2.43. The number of carbonyl (C=O) groups is 1. The van der Waals surface area contributed by atoms with Crippen LogP contribution in [0.1, 0.15) is 32.1 Å². The summed E-state index contributed by atoms with van der Waals surface area (Å²) in [5.41, 5.74) is 0. The van der Waals surface area contributed by atoms with Crippen molar-refractivity contribution < 1.29 is 4.79 Å². The molecule has 0 aliphatic carbocycles. The van der Waals surface area contributed by atoms with Gasteiger partial charge in [0.15, 0.2) is 0 Å². The third kappa shape index (κ3) is 6.77. The summed E-state index contributed by atoms with van der Waals surface area (Å²) in [7, 11) is 0. The van der Waals surface area contributed by atoms with E-state index in [1.165, 1.54) is 4.88 Å². The van der Waals surface area contributed by atoms with Gasteiger partial charge in [-0.25, -0.2) is 0 Å². The Hall–Kier alpha value is -0.870. The Morgan fingerprint density at radius 1 is 1.39 bits per heavy atom. The van der Waals surface area contributed by atoms with Crippen LogP contribution in [0, 0.1) is 5.92 Å². The van der Waals surface area contributed by atoms with Crippen LogP contribution < -0.4 is 10.6 Å². The zero-order chi connectivity index (χ0) is 13.4. The van der Waals surface area contributed by atoms with Crippen molar-refractivity contribution in [3.05, 3.63) is 22.4 Å². The normalized spacial score (nSPS) is 12.7. The van der Waals surface area contributed by atoms with Crippen LogP contribution in [0.4, 0.5) is 0 Å². The summed E-state index contributed by atoms with van der Waals surface area (Å²) in [6.07, 6.45) is 2.02. The quantitative estimate of drug-likeness (QED) is 0.760. The molecule has 1 atom stereocenters. The molecular weight excluding hydrogens is 244 g/mol. The van der Waals surface area contributed by atoms with Gasteiger partial charge in [-0.05, 0) is 37.1 Å². The van der Waals surface area contributed by atoms with E-state index in [1.54, 1.807) is 11.3 Å². The highest BCUT2D eigenvalue weighted by atomic mass is 32.1. The average molecular weight is 268 g/mol. The second kappa shape index (κ2) is 8.27. The molecule has 1 aromatic heterocycles. The molecule has 0 fully saturated rings. The van der Waals surface area contributed by atoms with Crippen molar-refractivity contribution in [1.29, 1.82) is 0 Å². The van der Waals surface area contributed by atoms with Crippen molar-refractivity contribution in [1.82, 2.24) is 10.6 Å². The lowest BCUT2D eigenvalue weighted by Crippen LogP contribution is -2.39. The molecule has 2 N–H and O–H groups in total. The predicted molar refractivity (Wildman–Crippen MR) is 78.0 cm³/mol. The van der Waals surface area contributed by atoms with Gasteiger partial charge in [0.05, 0.1) is 6.54 Å². The van der Waals surface area contributed by atoms with Crippen LogP contribution in [-0.2, 0) is 11.2 Å². The summed E-state index contributed by atoms with van der Waals surface area (Å²) in [5.74, 6) is 0.727. The van der Waals surface area contributed by atoms with Crippen LogP contribution in [0.2, 0.25) is 0 Å². The molecule has 0 spiro atoms. The van der Waals surface area contributed by atoms with Crippen molar-refractivity contribution in [2.24, 2.45) is 5.92 Å². The molecule has 0 saturated heterocycles. The fraction of sp³-hybridized carbons (Fsp3) is 0.643. The van der Waals surface area contributed by atoms with Crippen LogP contribution >= 0.6 is 11.3 Å². The van der Waals surface area contributed by atoms with Crippen LogP contribution in [-0.4, -0.2) is 25.0 Å². The summed E-state index contributed by atoms with van der Waals surface area (Å²) < 4.78 is 0. The lowest BCUT2D eigenvalue weighted by molar-refractivity contribution is -0.120. The van der Waals surface area contributed by atoms with E-state index in [4.69, 9.17) is 0 Å². The van der Waals surface area contributed by atoms with E-state index in [2.05, 4.69) is 48.9 Å². The highest BCUT2D eigenvalue weighted by molar-refractivity contribution is 7.09. The summed E-state index contributed by atoms with van der Waals surface area (Å²) in [5, 5.41) is 8.27. The molecule has 18 heavy (non-hydrogen) atoms. The van der Waals surface area contributed by atoms with E-state index in [1.807, 2.05) is 0 Å². The largest absolute Gasteiger partial charge is 0.355 e. The summed E-state index contributed by atoms with van der Waals surface area (Å²) >= 11 is 1.76. The molecule has 3 nitrogen and oxygen atoms in total. The van der Waals surface area contributed by atoms with Gasteiger partial charge in [0.2, 0.25) is 5.91 Å². The van der Waals surface area contributed by atoms with Crippen molar-refractivity contribution in [2.45, 2.75) is 39.7 Å². The number of hydrogen-bond acceptors (Lipinski definition) is 3. The van der Waals surface area contributed by atoms with E-state index in [0.29, 0.717) is 18.5 Å². The molecule has 1 amide bonds. The first kappa shape index (κ1) is 15.2. The summed E-state index contributed by atoms with van der Waals surface area (Å²) in [6.45, 7) is 7.62. The van der Waals surface area contributed by atoms with Crippen molar-refractivity contribution in [2.75, 3.05) is 13.1 Å². The highest BCUT2D eigenvalue weighted by Crippen LogP contribution is 2.10. The zero-order valence-corrected chi connectivity index (χ0v) is 12.3. The van der Waals surface area contributed by atoms with E-state index in [-0.39, 0.29) is 5.91 Å². The number of hydrogen-bond donors (Lipinski definition) is 2. The molecule has 102 valence electrons. The van der Waals surface area contributed by atoms with Gasteiger partial charge in [-0.3, -0.25) is 4.79 Å². The third-order valence-electron chi connectivity index (χ3n) is 2.74. The van der Waals surface area contributed by atoms with E-state index in [0.717, 1.165) is 19.4 Å². The SMILES string of the molecule is CC(C)CCNC(=O)CNC(C)Cc1cccs1. The number of rotatable bonds is 8. The summed E-state index contributed by atoms with van der Waals surface area (Å²) in [6, 6.07) is 4.52. The molecule has 0 radical (unpaired) electrons. The first-order chi connectivity index (χ1) is 8.58. The maximum Gasteiger partial charge on any atom is 0.233 e. The summed E-state index contributed by atoms with van der Waals surface area (Å²) in [4.78, 5) is 12.9. The number of carbonyl (C=O) groups excluding carboxylic acids is 1. The van der Waals surface area contributed by atoms with Gasteiger partial charge in [-0.1, -0.05) is 19.9 Å². The Bertz CT molecular complexity index is 336. The molecule has 0 aromatic carbocycles. The molecule has 1 unspecified atom stereocenters. The van der Waals surface area contributed by atoms with Crippen molar-refractivity contribution in [3.63, 3.8) is 0 Å². The fourth-order valence-corrected chi connectivity index (χ4v) is 2.47. The Morgan fingerprint density at radius 2 is 2.17 bits per heavy atom. The first-order valence-electron chi connectivity index (χ1n) is 6.60. The molecule has 0 aliphatic rings. The lowest BCUT2D eigenvalue weighted by Gasteiger charge is -2.13. The van der Waals surface area contributed by atoms with Crippen LogP contribution in [0.25, 0.3) is 0 Å². The molecule has 0 bridgehead atoms. The standard InChI is InChI=1S/C14H24N2OS/c1-11(2)6-7-15-14(17)10-16-12(3)9-13-5-4-8-18-13/h4-5,8,11-12,16H,6-7,9-10H2,1-3H3,(H,15,17). The highest BCUT2D eigenvalue weighted by Gasteiger charge is 2.06. The van der Waals surface area contributed by atoms with Crippen molar-refractivity contribution in [3.8, 4) is 0 Å². The van der Waals surface area contributed by atoms with E-state index >= 15 is 0 Å². The first-order valence-corrected chi connectivity index (χ1v) is 7.48. The van der Waals surface area contributed by atoms with E-state index in [9.17, 15) is 4.79 Å². The molecule has 1 heterocycles. The minimum atomic E-state index is 0.0914. The van der Waals surface area contributed by atoms with E-state index < -0.39 is 0 Å². The average Bonchev–Trinajstić information content (AvgIpc) is 2.78. The topological polar surface area (TPSA) is 41.1 Å². The zero-order valence-electron chi connectivity index (χ0n) is 11.5. The molecule has 4 heteroatoms. The Labute approximate surface area is 114 Å². The monoisotopic (exact) mass is 268 g/mol. The van der Waals surface area contributed by atoms with Gasteiger partial charge in [-0.15, -0.1) is 11.3 Å². The number of amides is 1. The number of thiophene rings is 1. The fourth-order valence-electron chi connectivity index (χ4n) is 1.63.